The van der Waals surface area contributed by atoms with Crippen LogP contribution >= 0.6 is 0 Å². The molecule has 0 atom stereocenters. The molecule has 0 amide bonds. The summed E-state index contributed by atoms with van der Waals surface area (Å²) in [6.07, 6.45) is 0. The average molecular weight is 259 g/mol. The van der Waals surface area contributed by atoms with Crippen molar-refractivity contribution in [2.24, 2.45) is 0 Å². The highest BCUT2D eigenvalue weighted by Gasteiger charge is 2.03. The maximum Gasteiger partial charge on any atom is 0.119 e. The molecule has 0 spiro atoms. The zero-order valence-electron chi connectivity index (χ0n) is 11.8. The molecular weight excluding hydrogens is 238 g/mol. The fraction of sp³-hybridized carbons (Fsp3) is 0.400. The third-order valence-electron chi connectivity index (χ3n) is 3.05. The molecule has 0 aliphatic carbocycles. The number of aryl methyl sites for hydroxylation is 2. The van der Waals surface area contributed by atoms with Gasteiger partial charge in [-0.1, -0.05) is 12.1 Å². The minimum Gasteiger partial charge on any atom is -0.497 e. The first kappa shape index (κ1) is 13.6. The Morgan fingerprint density at radius 3 is 2.84 bits per heavy atom. The molecule has 19 heavy (non-hydrogen) atoms. The summed E-state index contributed by atoms with van der Waals surface area (Å²) in [6, 6.07) is 10.2. The van der Waals surface area contributed by atoms with Gasteiger partial charge in [0, 0.05) is 19.6 Å². The fourth-order valence-electron chi connectivity index (χ4n) is 2.13. The molecule has 102 valence electrons. The van der Waals surface area contributed by atoms with E-state index in [0.29, 0.717) is 0 Å². The highest BCUT2D eigenvalue weighted by molar-refractivity contribution is 5.28. The Bertz CT molecular complexity index is 534. The smallest absolute Gasteiger partial charge is 0.119 e. The number of methoxy groups -OCH3 is 1. The molecule has 0 saturated heterocycles. The van der Waals surface area contributed by atoms with Crippen LogP contribution in [0.1, 0.15) is 23.9 Å². The van der Waals surface area contributed by atoms with Gasteiger partial charge < -0.3 is 10.1 Å². The van der Waals surface area contributed by atoms with Gasteiger partial charge in [-0.3, -0.25) is 4.68 Å². The van der Waals surface area contributed by atoms with Gasteiger partial charge in [0.25, 0.3) is 0 Å². The summed E-state index contributed by atoms with van der Waals surface area (Å²) >= 11 is 0. The predicted molar refractivity (Wildman–Crippen MR) is 76.2 cm³/mol. The van der Waals surface area contributed by atoms with Crippen LogP contribution in [0.2, 0.25) is 0 Å². The van der Waals surface area contributed by atoms with Crippen molar-refractivity contribution in [3.8, 4) is 5.75 Å². The van der Waals surface area contributed by atoms with E-state index in [4.69, 9.17) is 4.74 Å². The summed E-state index contributed by atoms with van der Waals surface area (Å²) in [5, 5.41) is 7.88. The summed E-state index contributed by atoms with van der Waals surface area (Å²) in [5.74, 6) is 0.897. The van der Waals surface area contributed by atoms with E-state index in [1.54, 1.807) is 7.11 Å². The van der Waals surface area contributed by atoms with Gasteiger partial charge in [0.15, 0.2) is 0 Å². The van der Waals surface area contributed by atoms with Crippen LogP contribution < -0.4 is 10.1 Å². The zero-order chi connectivity index (χ0) is 13.7. The van der Waals surface area contributed by atoms with Crippen molar-refractivity contribution in [3.63, 3.8) is 0 Å². The van der Waals surface area contributed by atoms with Crippen LogP contribution in [0.25, 0.3) is 0 Å². The molecule has 0 aliphatic rings. The van der Waals surface area contributed by atoms with Crippen LogP contribution in [-0.4, -0.2) is 16.9 Å². The molecule has 1 aromatic heterocycles. The second kappa shape index (κ2) is 6.38. The molecule has 2 aromatic rings. The summed E-state index contributed by atoms with van der Waals surface area (Å²) in [5.41, 5.74) is 3.52. The van der Waals surface area contributed by atoms with Crippen LogP contribution in [0.15, 0.2) is 30.3 Å². The van der Waals surface area contributed by atoms with Crippen LogP contribution in [0, 0.1) is 6.92 Å². The van der Waals surface area contributed by atoms with E-state index in [9.17, 15) is 0 Å². The second-order valence-electron chi connectivity index (χ2n) is 4.55. The number of nitrogens with one attached hydrogen (secondary N) is 1. The van der Waals surface area contributed by atoms with E-state index in [1.165, 1.54) is 11.3 Å². The Hall–Kier alpha value is -1.81. The van der Waals surface area contributed by atoms with Crippen molar-refractivity contribution in [1.82, 2.24) is 15.1 Å². The van der Waals surface area contributed by atoms with Crippen LogP contribution in [0.4, 0.5) is 0 Å². The van der Waals surface area contributed by atoms with Crippen LogP contribution in [0.3, 0.4) is 0 Å². The fourth-order valence-corrected chi connectivity index (χ4v) is 2.13. The standard InChI is InChI=1S/C15H21N3O/c1-4-18-14(8-12(2)17-18)11-16-10-13-6-5-7-15(9-13)19-3/h5-9,16H,4,10-11H2,1-3H3. The molecule has 1 aromatic carbocycles. The van der Waals surface area contributed by atoms with Gasteiger partial charge in [-0.15, -0.1) is 0 Å². The summed E-state index contributed by atoms with van der Waals surface area (Å²) in [4.78, 5) is 0. The van der Waals surface area contributed by atoms with Crippen molar-refractivity contribution >= 4 is 0 Å². The summed E-state index contributed by atoms with van der Waals surface area (Å²) in [7, 11) is 1.69. The Morgan fingerprint density at radius 1 is 1.26 bits per heavy atom. The monoisotopic (exact) mass is 259 g/mol. The highest BCUT2D eigenvalue weighted by Crippen LogP contribution is 2.12. The molecular formula is C15H21N3O. The van der Waals surface area contributed by atoms with Gasteiger partial charge in [0.05, 0.1) is 18.5 Å². The molecule has 0 aliphatic heterocycles. The molecule has 4 heteroatoms. The molecule has 0 unspecified atom stereocenters. The molecule has 1 heterocycles. The average Bonchev–Trinajstić information content (AvgIpc) is 2.79. The van der Waals surface area contributed by atoms with Gasteiger partial charge in [0.2, 0.25) is 0 Å². The van der Waals surface area contributed by atoms with Gasteiger partial charge in [-0.05, 0) is 37.6 Å². The molecule has 0 bridgehead atoms. The molecule has 4 nitrogen and oxygen atoms in total. The van der Waals surface area contributed by atoms with Crippen molar-refractivity contribution in [3.05, 3.63) is 47.3 Å². The number of ether oxygens (including phenoxy) is 1. The van der Waals surface area contributed by atoms with E-state index in [0.717, 1.165) is 31.1 Å². The number of hydrogen-bond donors (Lipinski definition) is 1. The first-order valence-corrected chi connectivity index (χ1v) is 6.60. The molecule has 0 radical (unpaired) electrons. The molecule has 0 saturated carbocycles. The van der Waals surface area contributed by atoms with Crippen LogP contribution in [-0.2, 0) is 19.6 Å². The first-order valence-electron chi connectivity index (χ1n) is 6.60. The lowest BCUT2D eigenvalue weighted by molar-refractivity contribution is 0.414. The Labute approximate surface area is 114 Å². The number of hydrogen-bond acceptors (Lipinski definition) is 3. The van der Waals surface area contributed by atoms with Gasteiger partial charge in [0.1, 0.15) is 5.75 Å². The number of nitrogens with zero attached hydrogens (tertiary/aromatic N) is 2. The van der Waals surface area contributed by atoms with E-state index in [-0.39, 0.29) is 0 Å². The number of aromatic nitrogens is 2. The zero-order valence-corrected chi connectivity index (χ0v) is 11.8. The third kappa shape index (κ3) is 3.58. The lowest BCUT2D eigenvalue weighted by Crippen LogP contribution is -2.16. The molecule has 2 rings (SSSR count). The third-order valence-corrected chi connectivity index (χ3v) is 3.05. The first-order chi connectivity index (χ1) is 9.22. The van der Waals surface area contributed by atoms with E-state index in [2.05, 4.69) is 35.5 Å². The minimum atomic E-state index is 0.825. The summed E-state index contributed by atoms with van der Waals surface area (Å²) < 4.78 is 7.25. The minimum absolute atomic E-state index is 0.825. The van der Waals surface area contributed by atoms with E-state index in [1.807, 2.05) is 23.7 Å². The maximum atomic E-state index is 5.22. The lowest BCUT2D eigenvalue weighted by Gasteiger charge is -2.08. The Balaban J connectivity index is 1.92. The lowest BCUT2D eigenvalue weighted by atomic mass is 10.2. The number of benzene rings is 1. The topological polar surface area (TPSA) is 39.1 Å². The van der Waals surface area contributed by atoms with Crippen molar-refractivity contribution < 1.29 is 4.74 Å². The van der Waals surface area contributed by atoms with E-state index < -0.39 is 0 Å². The van der Waals surface area contributed by atoms with Gasteiger partial charge in [-0.2, -0.15) is 5.10 Å². The normalized spacial score (nSPS) is 10.7. The number of rotatable bonds is 6. The molecule has 0 fully saturated rings. The Kier molecular flexibility index (Phi) is 4.58. The largest absolute Gasteiger partial charge is 0.497 e. The van der Waals surface area contributed by atoms with Gasteiger partial charge >= 0.3 is 0 Å². The Morgan fingerprint density at radius 2 is 2.11 bits per heavy atom. The van der Waals surface area contributed by atoms with Gasteiger partial charge in [-0.25, -0.2) is 0 Å². The molecule has 1 N–H and O–H groups in total. The van der Waals surface area contributed by atoms with Crippen molar-refractivity contribution in [2.75, 3.05) is 7.11 Å². The second-order valence-corrected chi connectivity index (χ2v) is 4.55. The summed E-state index contributed by atoms with van der Waals surface area (Å²) in [6.45, 7) is 6.69. The van der Waals surface area contributed by atoms with Crippen molar-refractivity contribution in [1.29, 1.82) is 0 Å². The van der Waals surface area contributed by atoms with E-state index >= 15 is 0 Å². The highest BCUT2D eigenvalue weighted by atomic mass is 16.5. The van der Waals surface area contributed by atoms with Crippen molar-refractivity contribution in [2.45, 2.75) is 33.5 Å². The SMILES string of the molecule is CCn1nc(C)cc1CNCc1cccc(OC)c1. The predicted octanol–water partition coefficient (Wildman–Crippen LogP) is 2.51. The van der Waals surface area contributed by atoms with Crippen LogP contribution in [0.5, 0.6) is 5.75 Å². The maximum absolute atomic E-state index is 5.22. The quantitative estimate of drug-likeness (QED) is 0.866.